The second kappa shape index (κ2) is 6.46. The Hall–Kier alpha value is -1.86. The molecule has 2 aliphatic rings. The van der Waals surface area contributed by atoms with Gasteiger partial charge in [0.25, 0.3) is 0 Å². The maximum atomic E-state index is 12.8. The monoisotopic (exact) mass is 358 g/mol. The third-order valence-corrected chi connectivity index (χ3v) is 6.26. The minimum Gasteiger partial charge on any atom is -0.383 e. The lowest BCUT2D eigenvalue weighted by molar-refractivity contribution is -0.139. The van der Waals surface area contributed by atoms with Crippen LogP contribution in [-0.2, 0) is 17.4 Å². The Labute approximate surface area is 151 Å². The number of carbonyl (C=O) groups excluding carboxylic acids is 1. The van der Waals surface area contributed by atoms with Crippen LogP contribution in [-0.4, -0.2) is 48.5 Å². The van der Waals surface area contributed by atoms with Crippen LogP contribution in [0.5, 0.6) is 0 Å². The summed E-state index contributed by atoms with van der Waals surface area (Å²) in [4.78, 5) is 19.0. The molecule has 2 aliphatic heterocycles. The molecule has 7 heteroatoms. The van der Waals surface area contributed by atoms with Gasteiger partial charge >= 0.3 is 0 Å². The Morgan fingerprint density at radius 2 is 2.04 bits per heavy atom. The molecular weight excluding hydrogens is 336 g/mol. The molecule has 2 fully saturated rings. The van der Waals surface area contributed by atoms with Crippen LogP contribution in [0.2, 0.25) is 0 Å². The Balaban J connectivity index is 1.45. The smallest absolute Gasteiger partial charge is 0.233 e. The van der Waals surface area contributed by atoms with E-state index in [1.54, 1.807) is 17.1 Å². The molecule has 2 unspecified atom stereocenters. The van der Waals surface area contributed by atoms with Crippen molar-refractivity contribution in [1.29, 1.82) is 0 Å². The molecule has 1 N–H and O–H groups in total. The van der Waals surface area contributed by atoms with Gasteiger partial charge in [-0.3, -0.25) is 9.48 Å². The normalized spacial score (nSPS) is 28.3. The number of hydrogen-bond acceptors (Lipinski definition) is 5. The van der Waals surface area contributed by atoms with E-state index in [9.17, 15) is 9.90 Å². The van der Waals surface area contributed by atoms with Crippen LogP contribution >= 0.6 is 11.8 Å². The minimum atomic E-state index is -0.887. The largest absolute Gasteiger partial charge is 0.383 e. The number of fused-ring (bicyclic) bond motifs is 2. The lowest BCUT2D eigenvalue weighted by Gasteiger charge is -2.43. The molecule has 2 atom stereocenters. The number of hydrogen-bond donors (Lipinski definition) is 1. The quantitative estimate of drug-likeness (QED) is 0.846. The second-order valence-electron chi connectivity index (χ2n) is 6.92. The fraction of sp³-hybridized carbons (Fsp3) is 0.500. The van der Waals surface area contributed by atoms with E-state index in [-0.39, 0.29) is 18.0 Å². The Kier molecular flexibility index (Phi) is 4.29. The Bertz CT molecular complexity index is 749. The van der Waals surface area contributed by atoms with Gasteiger partial charge in [-0.2, -0.15) is 5.10 Å². The molecular formula is C18H22N4O2S. The van der Waals surface area contributed by atoms with Crippen LogP contribution < -0.4 is 0 Å². The van der Waals surface area contributed by atoms with Crippen molar-refractivity contribution in [1.82, 2.24) is 19.7 Å². The molecule has 4 heterocycles. The highest BCUT2D eigenvalue weighted by molar-refractivity contribution is 7.99. The van der Waals surface area contributed by atoms with Crippen LogP contribution in [0.4, 0.5) is 0 Å². The maximum absolute atomic E-state index is 12.8. The summed E-state index contributed by atoms with van der Waals surface area (Å²) >= 11 is 1.48. The summed E-state index contributed by atoms with van der Waals surface area (Å²) in [7, 11) is 1.86. The Morgan fingerprint density at radius 3 is 2.64 bits per heavy atom. The number of nitrogens with zero attached hydrogens (tertiary/aromatic N) is 4. The lowest BCUT2D eigenvalue weighted by Crippen LogP contribution is -2.53. The van der Waals surface area contributed by atoms with Crippen molar-refractivity contribution in [2.75, 3.05) is 5.75 Å². The van der Waals surface area contributed by atoms with Crippen LogP contribution in [0, 0.1) is 0 Å². The Morgan fingerprint density at radius 1 is 1.28 bits per heavy atom. The maximum Gasteiger partial charge on any atom is 0.233 e. The molecule has 2 bridgehead atoms. The van der Waals surface area contributed by atoms with E-state index >= 15 is 0 Å². The molecule has 25 heavy (non-hydrogen) atoms. The summed E-state index contributed by atoms with van der Waals surface area (Å²) in [5.74, 6) is 0.545. The van der Waals surface area contributed by atoms with Gasteiger partial charge in [0, 0.05) is 44.4 Å². The topological polar surface area (TPSA) is 71.2 Å². The van der Waals surface area contributed by atoms with Crippen LogP contribution in [0.1, 0.15) is 31.4 Å². The summed E-state index contributed by atoms with van der Waals surface area (Å²) in [6.07, 6.45) is 6.56. The first-order valence-corrected chi connectivity index (χ1v) is 9.61. The third kappa shape index (κ3) is 3.06. The van der Waals surface area contributed by atoms with Gasteiger partial charge in [-0.1, -0.05) is 17.8 Å². The highest BCUT2D eigenvalue weighted by atomic mass is 32.2. The van der Waals surface area contributed by atoms with Gasteiger partial charge in [0.2, 0.25) is 5.91 Å². The second-order valence-corrected chi connectivity index (χ2v) is 7.92. The average Bonchev–Trinajstić information content (AvgIpc) is 3.16. The number of carbonyl (C=O) groups is 1. The van der Waals surface area contributed by atoms with Gasteiger partial charge in [0.05, 0.1) is 16.5 Å². The summed E-state index contributed by atoms with van der Waals surface area (Å²) in [6, 6.07) is 7.82. The van der Waals surface area contributed by atoms with Gasteiger partial charge in [0.15, 0.2) is 0 Å². The number of piperidine rings is 1. The first kappa shape index (κ1) is 16.6. The molecule has 0 saturated carbocycles. The molecule has 0 spiro atoms. The molecule has 132 valence electrons. The van der Waals surface area contributed by atoms with Gasteiger partial charge in [-0.25, -0.2) is 4.98 Å². The van der Waals surface area contributed by atoms with E-state index in [1.807, 2.05) is 36.2 Å². The average molecular weight is 358 g/mol. The fourth-order valence-corrected chi connectivity index (χ4v) is 5.04. The molecule has 0 radical (unpaired) electrons. The van der Waals surface area contributed by atoms with E-state index in [1.165, 1.54) is 11.8 Å². The molecule has 0 aromatic carbocycles. The zero-order chi connectivity index (χ0) is 17.4. The SMILES string of the molecule is Cn1nccc1C1(O)CC2CCC(C1)N2C(=O)CSc1ccccn1. The number of rotatable bonds is 4. The number of thioether (sulfide) groups is 1. The first-order valence-electron chi connectivity index (χ1n) is 8.63. The number of aromatic nitrogens is 3. The van der Waals surface area contributed by atoms with Crippen molar-refractivity contribution >= 4 is 17.7 Å². The van der Waals surface area contributed by atoms with Gasteiger partial charge < -0.3 is 10.0 Å². The van der Waals surface area contributed by atoms with E-state index < -0.39 is 5.60 Å². The fourth-order valence-electron chi connectivity index (χ4n) is 4.31. The summed E-state index contributed by atoms with van der Waals surface area (Å²) in [5.41, 5.74) is -0.0403. The van der Waals surface area contributed by atoms with Crippen LogP contribution in [0.3, 0.4) is 0 Å². The van der Waals surface area contributed by atoms with Crippen LogP contribution in [0.15, 0.2) is 41.7 Å². The molecule has 2 aromatic heterocycles. The molecule has 4 rings (SSSR count). The van der Waals surface area contributed by atoms with E-state index in [2.05, 4.69) is 10.1 Å². The minimum absolute atomic E-state index is 0.107. The zero-order valence-corrected chi connectivity index (χ0v) is 15.0. The molecule has 0 aliphatic carbocycles. The highest BCUT2D eigenvalue weighted by Gasteiger charge is 2.50. The number of aryl methyl sites for hydroxylation is 1. The molecule has 2 saturated heterocycles. The predicted molar refractivity (Wildman–Crippen MR) is 95.0 cm³/mol. The van der Waals surface area contributed by atoms with Gasteiger partial charge in [0.1, 0.15) is 5.60 Å². The van der Waals surface area contributed by atoms with Gasteiger partial charge in [-0.15, -0.1) is 0 Å². The number of amides is 1. The van der Waals surface area contributed by atoms with E-state index in [0.29, 0.717) is 18.6 Å². The van der Waals surface area contributed by atoms with Crippen LogP contribution in [0.25, 0.3) is 0 Å². The van der Waals surface area contributed by atoms with Crippen molar-refractivity contribution in [2.24, 2.45) is 7.05 Å². The molecule has 1 amide bonds. The van der Waals surface area contributed by atoms with E-state index in [4.69, 9.17) is 0 Å². The van der Waals surface area contributed by atoms with Crippen molar-refractivity contribution in [3.8, 4) is 0 Å². The van der Waals surface area contributed by atoms with Crippen molar-refractivity contribution in [2.45, 2.75) is 48.4 Å². The summed E-state index contributed by atoms with van der Waals surface area (Å²) in [5, 5.41) is 16.2. The summed E-state index contributed by atoms with van der Waals surface area (Å²) in [6.45, 7) is 0. The van der Waals surface area contributed by atoms with E-state index in [0.717, 1.165) is 23.6 Å². The zero-order valence-electron chi connectivity index (χ0n) is 14.2. The molecule has 6 nitrogen and oxygen atoms in total. The van der Waals surface area contributed by atoms with Crippen molar-refractivity contribution in [3.05, 3.63) is 42.4 Å². The standard InChI is InChI=1S/C18H22N4O2S/c1-21-15(7-9-20-21)18(24)10-13-5-6-14(11-18)22(13)17(23)12-25-16-4-2-3-8-19-16/h2-4,7-9,13-14,24H,5-6,10-12H2,1H3. The first-order chi connectivity index (χ1) is 12.1. The van der Waals surface area contributed by atoms with Crippen molar-refractivity contribution < 1.29 is 9.90 Å². The predicted octanol–water partition coefficient (Wildman–Crippen LogP) is 1.95. The van der Waals surface area contributed by atoms with Crippen molar-refractivity contribution in [3.63, 3.8) is 0 Å². The number of aliphatic hydroxyl groups is 1. The summed E-state index contributed by atoms with van der Waals surface area (Å²) < 4.78 is 1.74. The highest BCUT2D eigenvalue weighted by Crippen LogP contribution is 2.45. The number of pyridine rings is 1. The molecule has 2 aromatic rings. The third-order valence-electron chi connectivity index (χ3n) is 5.33. The lowest BCUT2D eigenvalue weighted by atomic mass is 9.83. The van der Waals surface area contributed by atoms with Gasteiger partial charge in [-0.05, 0) is 31.0 Å².